The number of carbonyl (C=O) groups excluding carboxylic acids is 1. The minimum absolute atomic E-state index is 0.200. The second-order valence-electron chi connectivity index (χ2n) is 5.34. The highest BCUT2D eigenvalue weighted by Gasteiger charge is 2.20. The third-order valence-corrected chi connectivity index (χ3v) is 3.52. The molecule has 1 aliphatic heterocycles. The Balaban J connectivity index is 2.28. The third-order valence-electron chi connectivity index (χ3n) is 3.52. The van der Waals surface area contributed by atoms with Gasteiger partial charge in [0.1, 0.15) is 0 Å². The van der Waals surface area contributed by atoms with Crippen molar-refractivity contribution in [3.05, 3.63) is 0 Å². The van der Waals surface area contributed by atoms with E-state index in [-0.39, 0.29) is 11.9 Å². The molecular weight excluding hydrogens is 228 g/mol. The lowest BCUT2D eigenvalue weighted by Crippen LogP contribution is -2.49. The maximum Gasteiger partial charge on any atom is 0.234 e. The van der Waals surface area contributed by atoms with E-state index in [4.69, 9.17) is 5.73 Å². The summed E-state index contributed by atoms with van der Waals surface area (Å²) >= 11 is 0. The third kappa shape index (κ3) is 5.33. The topological polar surface area (TPSA) is 61.6 Å². The number of nitrogens with one attached hydrogen (secondary N) is 1. The van der Waals surface area contributed by atoms with Crippen LogP contribution in [0.4, 0.5) is 0 Å². The van der Waals surface area contributed by atoms with Crippen molar-refractivity contribution in [1.82, 2.24) is 15.1 Å². The Morgan fingerprint density at radius 3 is 2.22 bits per heavy atom. The molecule has 1 amide bonds. The summed E-state index contributed by atoms with van der Waals surface area (Å²) < 4.78 is 0. The predicted octanol–water partition coefficient (Wildman–Crippen LogP) is -0.134. The molecule has 0 aliphatic carbocycles. The number of hydrogen-bond donors (Lipinski definition) is 2. The van der Waals surface area contributed by atoms with E-state index in [1.54, 1.807) is 0 Å². The first-order valence-corrected chi connectivity index (χ1v) is 7.03. The van der Waals surface area contributed by atoms with Gasteiger partial charge < -0.3 is 20.9 Å². The molecule has 1 atom stereocenters. The number of nitrogens with two attached hydrogens (primary N) is 1. The predicted molar refractivity (Wildman–Crippen MR) is 74.4 cm³/mol. The van der Waals surface area contributed by atoms with Crippen LogP contribution in [0.5, 0.6) is 0 Å². The lowest BCUT2D eigenvalue weighted by molar-refractivity contribution is -0.120. The summed E-state index contributed by atoms with van der Waals surface area (Å²) in [5.41, 5.74) is 5.42. The molecule has 5 nitrogen and oxygen atoms in total. The summed E-state index contributed by atoms with van der Waals surface area (Å²) in [7, 11) is 0. The van der Waals surface area contributed by atoms with Gasteiger partial charge in [-0.3, -0.25) is 4.79 Å². The monoisotopic (exact) mass is 256 g/mol. The zero-order valence-electron chi connectivity index (χ0n) is 12.0. The molecule has 0 aromatic carbocycles. The van der Waals surface area contributed by atoms with Crippen molar-refractivity contribution in [1.29, 1.82) is 0 Å². The molecule has 1 fully saturated rings. The van der Waals surface area contributed by atoms with Crippen molar-refractivity contribution in [2.75, 3.05) is 39.3 Å². The highest BCUT2D eigenvalue weighted by molar-refractivity contribution is 5.79. The molecule has 0 aromatic heterocycles. The summed E-state index contributed by atoms with van der Waals surface area (Å²) in [6, 6.07) is 0.0913. The molecule has 106 valence electrons. The van der Waals surface area contributed by atoms with E-state index in [1.165, 1.54) is 0 Å². The van der Waals surface area contributed by atoms with Crippen LogP contribution in [0.25, 0.3) is 0 Å². The smallest absolute Gasteiger partial charge is 0.234 e. The maximum absolute atomic E-state index is 11.3. The van der Waals surface area contributed by atoms with Gasteiger partial charge in [0.25, 0.3) is 0 Å². The molecule has 0 radical (unpaired) electrons. The number of nitrogens with zero attached hydrogens (tertiary/aromatic N) is 2. The molecule has 1 unspecified atom stereocenters. The van der Waals surface area contributed by atoms with Crippen LogP contribution in [0.3, 0.4) is 0 Å². The van der Waals surface area contributed by atoms with Crippen LogP contribution in [-0.4, -0.2) is 67.1 Å². The average Bonchev–Trinajstić information content (AvgIpc) is 2.34. The van der Waals surface area contributed by atoms with Crippen LogP contribution >= 0.6 is 0 Å². The fraction of sp³-hybridized carbons (Fsp3) is 0.923. The van der Waals surface area contributed by atoms with E-state index < -0.39 is 0 Å². The van der Waals surface area contributed by atoms with Gasteiger partial charge >= 0.3 is 0 Å². The van der Waals surface area contributed by atoms with Gasteiger partial charge in [0.05, 0.1) is 6.04 Å². The Morgan fingerprint density at radius 2 is 1.78 bits per heavy atom. The molecule has 18 heavy (non-hydrogen) atoms. The first-order valence-electron chi connectivity index (χ1n) is 7.03. The molecule has 1 heterocycles. The van der Waals surface area contributed by atoms with Gasteiger partial charge in [-0.2, -0.15) is 0 Å². The van der Waals surface area contributed by atoms with Gasteiger partial charge in [-0.15, -0.1) is 0 Å². The first-order chi connectivity index (χ1) is 8.52. The van der Waals surface area contributed by atoms with Crippen molar-refractivity contribution >= 4 is 5.91 Å². The fourth-order valence-corrected chi connectivity index (χ4v) is 2.35. The Hall–Kier alpha value is -0.650. The van der Waals surface area contributed by atoms with Gasteiger partial charge in [0, 0.05) is 38.8 Å². The van der Waals surface area contributed by atoms with Gasteiger partial charge in [-0.1, -0.05) is 20.8 Å². The van der Waals surface area contributed by atoms with E-state index in [0.29, 0.717) is 6.04 Å². The number of likely N-dealkylation sites (N-methyl/N-ethyl adjacent to an activating group) is 1. The lowest BCUT2D eigenvalue weighted by atomic mass is 10.1. The molecule has 1 saturated heterocycles. The molecule has 5 heteroatoms. The van der Waals surface area contributed by atoms with Crippen molar-refractivity contribution in [3.8, 4) is 0 Å². The van der Waals surface area contributed by atoms with E-state index in [0.717, 1.165) is 45.7 Å². The van der Waals surface area contributed by atoms with E-state index in [9.17, 15) is 4.79 Å². The van der Waals surface area contributed by atoms with Gasteiger partial charge in [0.15, 0.2) is 0 Å². The second-order valence-corrected chi connectivity index (χ2v) is 5.34. The van der Waals surface area contributed by atoms with Crippen LogP contribution in [0.2, 0.25) is 0 Å². The van der Waals surface area contributed by atoms with Crippen molar-refractivity contribution in [2.45, 2.75) is 39.3 Å². The molecule has 0 spiro atoms. The van der Waals surface area contributed by atoms with Gasteiger partial charge in [-0.05, 0) is 13.0 Å². The molecule has 1 rings (SSSR count). The Kier molecular flexibility index (Phi) is 6.60. The molecule has 0 saturated carbocycles. The molecule has 0 aromatic rings. The van der Waals surface area contributed by atoms with Crippen molar-refractivity contribution in [3.63, 3.8) is 0 Å². The number of amides is 1. The normalized spacial score (nSPS) is 20.2. The highest BCUT2D eigenvalue weighted by atomic mass is 16.1. The first kappa shape index (κ1) is 15.4. The van der Waals surface area contributed by atoms with Gasteiger partial charge in [-0.25, -0.2) is 0 Å². The van der Waals surface area contributed by atoms with Crippen LogP contribution < -0.4 is 11.1 Å². The standard InChI is InChI=1S/C13H28N4O/c1-4-16-7-9-17(10-8-16)6-5-12(13(14)18)15-11(2)3/h11-12,15H,4-10H2,1-3H3,(H2,14,18). The average molecular weight is 256 g/mol. The van der Waals surface area contributed by atoms with E-state index >= 15 is 0 Å². The molecule has 3 N–H and O–H groups in total. The van der Waals surface area contributed by atoms with Crippen LogP contribution in [0.15, 0.2) is 0 Å². The number of piperazine rings is 1. The van der Waals surface area contributed by atoms with Crippen LogP contribution in [-0.2, 0) is 4.79 Å². The Bertz CT molecular complexity index is 249. The van der Waals surface area contributed by atoms with E-state index in [2.05, 4.69) is 22.0 Å². The number of hydrogen-bond acceptors (Lipinski definition) is 4. The maximum atomic E-state index is 11.3. The summed E-state index contributed by atoms with van der Waals surface area (Å²) in [5, 5.41) is 3.23. The second kappa shape index (κ2) is 7.71. The summed E-state index contributed by atoms with van der Waals surface area (Å²) in [4.78, 5) is 16.2. The number of carbonyl (C=O) groups is 1. The zero-order chi connectivity index (χ0) is 13.5. The summed E-state index contributed by atoms with van der Waals surface area (Å²) in [6.45, 7) is 12.8. The number of primary amides is 1. The largest absolute Gasteiger partial charge is 0.368 e. The fourth-order valence-electron chi connectivity index (χ4n) is 2.35. The summed E-state index contributed by atoms with van der Waals surface area (Å²) in [5.74, 6) is -0.240. The SMILES string of the molecule is CCN1CCN(CCC(NC(C)C)C(N)=O)CC1. The molecule has 1 aliphatic rings. The van der Waals surface area contributed by atoms with Crippen molar-refractivity contribution < 1.29 is 4.79 Å². The Labute approximate surface area is 111 Å². The highest BCUT2D eigenvalue weighted by Crippen LogP contribution is 2.04. The minimum Gasteiger partial charge on any atom is -0.368 e. The molecular formula is C13H28N4O. The minimum atomic E-state index is -0.240. The van der Waals surface area contributed by atoms with Crippen LogP contribution in [0, 0.1) is 0 Å². The Morgan fingerprint density at radius 1 is 1.22 bits per heavy atom. The lowest BCUT2D eigenvalue weighted by Gasteiger charge is -2.34. The summed E-state index contributed by atoms with van der Waals surface area (Å²) in [6.07, 6.45) is 0.805. The zero-order valence-corrected chi connectivity index (χ0v) is 12.0. The van der Waals surface area contributed by atoms with Gasteiger partial charge in [0.2, 0.25) is 5.91 Å². The van der Waals surface area contributed by atoms with Crippen LogP contribution in [0.1, 0.15) is 27.2 Å². The number of rotatable bonds is 7. The quantitative estimate of drug-likeness (QED) is 0.666. The van der Waals surface area contributed by atoms with E-state index in [1.807, 2.05) is 13.8 Å². The molecule has 0 bridgehead atoms. The van der Waals surface area contributed by atoms with Crippen molar-refractivity contribution in [2.24, 2.45) is 5.73 Å².